The maximum absolute atomic E-state index is 14.1. The Hall–Kier alpha value is -1.78. The van der Waals surface area contributed by atoms with Crippen LogP contribution in [0.4, 0.5) is 8.78 Å². The van der Waals surface area contributed by atoms with Gasteiger partial charge in [-0.15, -0.1) is 0 Å². The fraction of sp³-hybridized carbons (Fsp3) is 0.333. The lowest BCUT2D eigenvalue weighted by Gasteiger charge is -2.28. The summed E-state index contributed by atoms with van der Waals surface area (Å²) in [7, 11) is 0. The zero-order valence-electron chi connectivity index (χ0n) is 12.9. The summed E-state index contributed by atoms with van der Waals surface area (Å²) in [5, 5.41) is 19.9. The highest BCUT2D eigenvalue weighted by Crippen LogP contribution is 2.39. The molecule has 0 bridgehead atoms. The zero-order chi connectivity index (χ0) is 16.5. The minimum atomic E-state index is -0.878. The Labute approximate surface area is 129 Å². The van der Waals surface area contributed by atoms with Gasteiger partial charge in [-0.1, -0.05) is 39.0 Å². The fourth-order valence-electron chi connectivity index (χ4n) is 2.35. The van der Waals surface area contributed by atoms with E-state index in [1.165, 1.54) is 0 Å². The molecule has 2 aromatic rings. The van der Waals surface area contributed by atoms with Crippen LogP contribution in [0.25, 0.3) is 11.1 Å². The molecule has 1 atom stereocenters. The van der Waals surface area contributed by atoms with Gasteiger partial charge in [-0.3, -0.25) is 0 Å². The average molecular weight is 306 g/mol. The second kappa shape index (κ2) is 6.15. The molecule has 0 aliphatic carbocycles. The van der Waals surface area contributed by atoms with Gasteiger partial charge in [0.2, 0.25) is 0 Å². The normalized spacial score (nSPS) is 13.2. The van der Waals surface area contributed by atoms with E-state index >= 15 is 0 Å². The minimum absolute atomic E-state index is 0.0998. The SMILES string of the molecule is CC(C)(C)C(O)c1cc(CO)ccc1-c1cc(F)ccc1F. The predicted molar refractivity (Wildman–Crippen MR) is 82.1 cm³/mol. The van der Waals surface area contributed by atoms with Gasteiger partial charge in [-0.05, 0) is 40.3 Å². The first kappa shape index (κ1) is 16.6. The van der Waals surface area contributed by atoms with Crippen LogP contribution in [0.3, 0.4) is 0 Å². The zero-order valence-corrected chi connectivity index (χ0v) is 12.9. The van der Waals surface area contributed by atoms with Crippen LogP contribution < -0.4 is 0 Å². The van der Waals surface area contributed by atoms with E-state index in [2.05, 4.69) is 0 Å². The van der Waals surface area contributed by atoms with Crippen molar-refractivity contribution in [2.45, 2.75) is 33.5 Å². The van der Waals surface area contributed by atoms with Crippen LogP contribution in [-0.2, 0) is 6.61 Å². The summed E-state index contributed by atoms with van der Waals surface area (Å²) in [5.41, 5.74) is 1.13. The second-order valence-electron chi connectivity index (χ2n) is 6.47. The molecule has 118 valence electrons. The lowest BCUT2D eigenvalue weighted by molar-refractivity contribution is 0.0630. The molecule has 2 rings (SSSR count). The first-order valence-electron chi connectivity index (χ1n) is 7.11. The Balaban J connectivity index is 2.68. The quantitative estimate of drug-likeness (QED) is 0.892. The van der Waals surface area contributed by atoms with Crippen molar-refractivity contribution in [3.8, 4) is 11.1 Å². The van der Waals surface area contributed by atoms with Gasteiger partial charge in [-0.2, -0.15) is 0 Å². The molecule has 1 unspecified atom stereocenters. The Kier molecular flexibility index (Phi) is 4.63. The molecule has 0 aromatic heterocycles. The first-order chi connectivity index (χ1) is 10.2. The van der Waals surface area contributed by atoms with E-state index in [0.717, 1.165) is 18.2 Å². The average Bonchev–Trinajstić information content (AvgIpc) is 2.47. The number of aliphatic hydroxyl groups excluding tert-OH is 2. The molecule has 2 N–H and O–H groups in total. The molecule has 0 fully saturated rings. The van der Waals surface area contributed by atoms with Gasteiger partial charge < -0.3 is 10.2 Å². The molecular formula is C18H20F2O2. The third kappa shape index (κ3) is 3.34. The number of benzene rings is 2. The smallest absolute Gasteiger partial charge is 0.131 e. The van der Waals surface area contributed by atoms with Crippen molar-refractivity contribution in [1.82, 2.24) is 0 Å². The third-order valence-electron chi connectivity index (χ3n) is 3.63. The summed E-state index contributed by atoms with van der Waals surface area (Å²) in [6.45, 7) is 5.38. The molecule has 0 aliphatic rings. The molecular weight excluding hydrogens is 286 g/mol. The molecule has 2 nitrogen and oxygen atoms in total. The molecule has 0 aliphatic heterocycles. The van der Waals surface area contributed by atoms with Crippen molar-refractivity contribution >= 4 is 0 Å². The number of halogens is 2. The predicted octanol–water partition coefficient (Wildman–Crippen LogP) is 4.20. The van der Waals surface area contributed by atoms with E-state index in [1.807, 2.05) is 20.8 Å². The lowest BCUT2D eigenvalue weighted by Crippen LogP contribution is -2.19. The van der Waals surface area contributed by atoms with Gasteiger partial charge in [0.25, 0.3) is 0 Å². The maximum atomic E-state index is 14.1. The molecule has 0 amide bonds. The fourth-order valence-corrected chi connectivity index (χ4v) is 2.35. The standard InChI is InChI=1S/C18H20F2O2/c1-18(2,3)17(22)15-8-11(10-21)4-6-13(15)14-9-12(19)5-7-16(14)20/h4-9,17,21-22H,10H2,1-3H3. The number of rotatable bonds is 3. The highest BCUT2D eigenvalue weighted by atomic mass is 19.1. The minimum Gasteiger partial charge on any atom is -0.392 e. The summed E-state index contributed by atoms with van der Waals surface area (Å²) in [4.78, 5) is 0. The van der Waals surface area contributed by atoms with E-state index < -0.39 is 23.2 Å². The number of aliphatic hydroxyl groups is 2. The van der Waals surface area contributed by atoms with Crippen molar-refractivity contribution in [2.24, 2.45) is 5.41 Å². The third-order valence-corrected chi connectivity index (χ3v) is 3.63. The van der Waals surface area contributed by atoms with E-state index in [9.17, 15) is 19.0 Å². The van der Waals surface area contributed by atoms with Crippen molar-refractivity contribution in [1.29, 1.82) is 0 Å². The lowest BCUT2D eigenvalue weighted by atomic mass is 9.81. The van der Waals surface area contributed by atoms with E-state index in [-0.39, 0.29) is 12.2 Å². The molecule has 4 heteroatoms. The van der Waals surface area contributed by atoms with Crippen molar-refractivity contribution in [2.75, 3.05) is 0 Å². The van der Waals surface area contributed by atoms with Crippen LogP contribution in [0.1, 0.15) is 38.0 Å². The molecule has 0 spiro atoms. The Morgan fingerprint density at radius 1 is 1.00 bits per heavy atom. The van der Waals surface area contributed by atoms with Gasteiger partial charge in [0.15, 0.2) is 0 Å². The molecule has 0 radical (unpaired) electrons. The van der Waals surface area contributed by atoms with Crippen LogP contribution in [0.2, 0.25) is 0 Å². The molecule has 0 heterocycles. The molecule has 0 saturated carbocycles. The molecule has 2 aromatic carbocycles. The summed E-state index contributed by atoms with van der Waals surface area (Å²) >= 11 is 0. The van der Waals surface area contributed by atoms with Gasteiger partial charge in [0.05, 0.1) is 12.7 Å². The van der Waals surface area contributed by atoms with Crippen molar-refractivity contribution < 1.29 is 19.0 Å². The van der Waals surface area contributed by atoms with Crippen LogP contribution in [0.5, 0.6) is 0 Å². The van der Waals surface area contributed by atoms with E-state index in [4.69, 9.17) is 0 Å². The summed E-state index contributed by atoms with van der Waals surface area (Å²) in [6, 6.07) is 8.11. The highest BCUT2D eigenvalue weighted by molar-refractivity contribution is 5.69. The van der Waals surface area contributed by atoms with Crippen LogP contribution in [-0.4, -0.2) is 10.2 Å². The van der Waals surface area contributed by atoms with Crippen molar-refractivity contribution in [3.63, 3.8) is 0 Å². The van der Waals surface area contributed by atoms with Crippen LogP contribution in [0, 0.1) is 17.0 Å². The van der Waals surface area contributed by atoms with E-state index in [0.29, 0.717) is 16.7 Å². The van der Waals surface area contributed by atoms with Gasteiger partial charge in [0, 0.05) is 5.56 Å². The number of hydrogen-bond donors (Lipinski definition) is 2. The summed E-state index contributed by atoms with van der Waals surface area (Å²) in [5.74, 6) is -1.10. The first-order valence-corrected chi connectivity index (χ1v) is 7.11. The highest BCUT2D eigenvalue weighted by Gasteiger charge is 2.27. The van der Waals surface area contributed by atoms with Crippen LogP contribution >= 0.6 is 0 Å². The maximum Gasteiger partial charge on any atom is 0.131 e. The summed E-state index contributed by atoms with van der Waals surface area (Å²) in [6.07, 6.45) is -0.878. The van der Waals surface area contributed by atoms with Crippen molar-refractivity contribution in [3.05, 3.63) is 59.2 Å². The molecule has 22 heavy (non-hydrogen) atoms. The van der Waals surface area contributed by atoms with Gasteiger partial charge in [0.1, 0.15) is 11.6 Å². The summed E-state index contributed by atoms with van der Waals surface area (Å²) < 4.78 is 27.6. The van der Waals surface area contributed by atoms with Gasteiger partial charge >= 0.3 is 0 Å². The van der Waals surface area contributed by atoms with E-state index in [1.54, 1.807) is 18.2 Å². The molecule has 0 saturated heterocycles. The largest absolute Gasteiger partial charge is 0.392 e. The Morgan fingerprint density at radius 3 is 2.27 bits per heavy atom. The number of hydrogen-bond acceptors (Lipinski definition) is 2. The van der Waals surface area contributed by atoms with Gasteiger partial charge in [-0.25, -0.2) is 8.78 Å². The Bertz CT molecular complexity index is 675. The second-order valence-corrected chi connectivity index (χ2v) is 6.47. The van der Waals surface area contributed by atoms with Crippen LogP contribution in [0.15, 0.2) is 36.4 Å². The Morgan fingerprint density at radius 2 is 1.68 bits per heavy atom. The monoisotopic (exact) mass is 306 g/mol. The topological polar surface area (TPSA) is 40.5 Å².